The Labute approximate surface area is 364 Å². The van der Waals surface area contributed by atoms with Gasteiger partial charge in [0.05, 0.1) is 22.1 Å². The minimum absolute atomic E-state index is 0.545. The van der Waals surface area contributed by atoms with E-state index in [0.29, 0.717) is 24.0 Å². The first-order valence-electron chi connectivity index (χ1n) is 21.4. The summed E-state index contributed by atoms with van der Waals surface area (Å²) in [6.07, 6.45) is 5.07. The number of aromatic nitrogens is 5. The Balaban J connectivity index is 1.21. The second-order valence-electron chi connectivity index (χ2n) is 16.1. The summed E-state index contributed by atoms with van der Waals surface area (Å²) in [5.41, 5.74) is 15.0. The van der Waals surface area contributed by atoms with Gasteiger partial charge in [0.1, 0.15) is 0 Å². The average molecular weight is 806 g/mol. The summed E-state index contributed by atoms with van der Waals surface area (Å²) in [4.78, 5) is 16.3. The number of hydrogen-bond donors (Lipinski definition) is 0. The predicted octanol–water partition coefficient (Wildman–Crippen LogP) is 14.6. The van der Waals surface area contributed by atoms with Gasteiger partial charge in [-0.3, -0.25) is 4.57 Å². The van der Waals surface area contributed by atoms with Crippen LogP contribution < -0.4 is 0 Å². The molecule has 1 aliphatic rings. The Kier molecular flexibility index (Phi) is 8.64. The molecule has 0 bridgehead atoms. The highest BCUT2D eigenvalue weighted by atomic mass is 15.2. The maximum atomic E-state index is 5.51. The molecule has 12 rings (SSSR count). The zero-order chi connectivity index (χ0) is 41.9. The minimum Gasteiger partial charge on any atom is -0.310 e. The third-order valence-corrected chi connectivity index (χ3v) is 12.3. The highest BCUT2D eigenvalue weighted by Gasteiger charge is 2.26. The monoisotopic (exact) mass is 805 g/mol. The van der Waals surface area contributed by atoms with Gasteiger partial charge < -0.3 is 4.57 Å². The first-order chi connectivity index (χ1) is 31.2. The highest BCUT2D eigenvalue weighted by Crippen LogP contribution is 2.45. The van der Waals surface area contributed by atoms with Gasteiger partial charge in [-0.05, 0) is 51.6 Å². The van der Waals surface area contributed by atoms with E-state index in [1.165, 1.54) is 16.7 Å². The van der Waals surface area contributed by atoms with E-state index in [-0.39, 0.29) is 0 Å². The van der Waals surface area contributed by atoms with Crippen LogP contribution in [0.2, 0.25) is 0 Å². The van der Waals surface area contributed by atoms with Crippen molar-refractivity contribution >= 4 is 54.9 Å². The van der Waals surface area contributed by atoms with Gasteiger partial charge in [0.25, 0.3) is 0 Å². The molecule has 0 radical (unpaired) electrons. The van der Waals surface area contributed by atoms with E-state index >= 15 is 0 Å². The van der Waals surface area contributed by atoms with E-state index in [1.807, 2.05) is 12.1 Å². The third kappa shape index (κ3) is 6.13. The molecule has 0 N–H and O–H groups in total. The van der Waals surface area contributed by atoms with Crippen molar-refractivity contribution in [3.05, 3.63) is 230 Å². The highest BCUT2D eigenvalue weighted by molar-refractivity contribution is 6.24. The molecule has 5 nitrogen and oxygen atoms in total. The molecule has 0 spiro atoms. The van der Waals surface area contributed by atoms with Crippen LogP contribution in [0, 0.1) is 0 Å². The second-order valence-corrected chi connectivity index (χ2v) is 16.1. The van der Waals surface area contributed by atoms with Gasteiger partial charge >= 0.3 is 0 Å². The Hall–Kier alpha value is -8.41. The lowest BCUT2D eigenvalue weighted by atomic mass is 9.94. The van der Waals surface area contributed by atoms with E-state index < -0.39 is 0 Å². The number of para-hydroxylation sites is 2. The van der Waals surface area contributed by atoms with Gasteiger partial charge in [0.15, 0.2) is 11.6 Å². The normalized spacial score (nSPS) is 12.9. The number of fused-ring (bicyclic) bond motifs is 7. The first kappa shape index (κ1) is 36.4. The van der Waals surface area contributed by atoms with Crippen molar-refractivity contribution in [1.82, 2.24) is 24.1 Å². The van der Waals surface area contributed by atoms with Crippen molar-refractivity contribution in [2.45, 2.75) is 6.42 Å². The van der Waals surface area contributed by atoms with Crippen LogP contribution in [0.1, 0.15) is 12.0 Å². The van der Waals surface area contributed by atoms with E-state index in [2.05, 4.69) is 216 Å². The van der Waals surface area contributed by atoms with Crippen molar-refractivity contribution in [2.75, 3.05) is 0 Å². The number of allylic oxidation sites excluding steroid dienone is 5. The fourth-order valence-electron chi connectivity index (χ4n) is 9.47. The predicted molar refractivity (Wildman–Crippen MR) is 261 cm³/mol. The molecule has 3 aromatic heterocycles. The van der Waals surface area contributed by atoms with Gasteiger partial charge in [-0.15, -0.1) is 0 Å². The summed E-state index contributed by atoms with van der Waals surface area (Å²) in [6, 6.07) is 70.5. The lowest BCUT2D eigenvalue weighted by Gasteiger charge is -2.22. The summed E-state index contributed by atoms with van der Waals surface area (Å²) in [5.74, 6) is 1.74. The lowest BCUT2D eigenvalue weighted by molar-refractivity contribution is 0.953. The van der Waals surface area contributed by atoms with Gasteiger partial charge in [-0.25, -0.2) is 4.98 Å². The van der Waals surface area contributed by atoms with E-state index in [0.717, 1.165) is 82.7 Å². The Bertz CT molecular complexity index is 3650. The summed E-state index contributed by atoms with van der Waals surface area (Å²) in [6.45, 7) is 4.49. The van der Waals surface area contributed by atoms with Gasteiger partial charge in [-0.1, -0.05) is 201 Å². The van der Waals surface area contributed by atoms with Gasteiger partial charge in [0.2, 0.25) is 5.95 Å². The standard InChI is InChI=1S/C58H39N5/c1-38-32-33-45(41-22-9-4-10-23-41)53(36-38)62-51-30-15-13-27-46(51)48-34-35-49-47-28-14-16-31-52(47)63(55(49)54(48)62)58-60-56(43-25-17-24-42(37-43)39-18-5-2-6-19-39)59-57(61-58)50-29-12-11-26-44(50)40-20-7-3-8-21-40/h2-35,37H,1,36H2. The summed E-state index contributed by atoms with van der Waals surface area (Å²) >= 11 is 0. The zero-order valence-electron chi connectivity index (χ0n) is 34.4. The summed E-state index contributed by atoms with van der Waals surface area (Å²) in [7, 11) is 0. The van der Waals surface area contributed by atoms with E-state index in [1.54, 1.807) is 0 Å². The molecule has 296 valence electrons. The minimum atomic E-state index is 0.545. The van der Waals surface area contributed by atoms with Crippen molar-refractivity contribution in [3.8, 4) is 51.0 Å². The fourth-order valence-corrected chi connectivity index (χ4v) is 9.47. The van der Waals surface area contributed by atoms with Crippen molar-refractivity contribution in [3.63, 3.8) is 0 Å². The van der Waals surface area contributed by atoms with Crippen LogP contribution in [0.5, 0.6) is 0 Å². The molecule has 0 saturated carbocycles. The Morgan fingerprint density at radius 1 is 0.381 bits per heavy atom. The molecule has 11 aromatic rings. The first-order valence-corrected chi connectivity index (χ1v) is 21.4. The summed E-state index contributed by atoms with van der Waals surface area (Å²) in [5, 5.41) is 4.57. The van der Waals surface area contributed by atoms with Crippen molar-refractivity contribution < 1.29 is 0 Å². The number of rotatable bonds is 7. The zero-order valence-corrected chi connectivity index (χ0v) is 34.4. The third-order valence-electron chi connectivity index (χ3n) is 12.3. The maximum Gasteiger partial charge on any atom is 0.238 e. The second kappa shape index (κ2) is 14.9. The van der Waals surface area contributed by atoms with Crippen LogP contribution in [-0.2, 0) is 0 Å². The van der Waals surface area contributed by atoms with Gasteiger partial charge in [-0.2, -0.15) is 9.97 Å². The Morgan fingerprint density at radius 3 is 1.60 bits per heavy atom. The molecule has 8 aromatic carbocycles. The molecule has 1 aliphatic carbocycles. The van der Waals surface area contributed by atoms with Gasteiger partial charge in [0, 0.05) is 50.4 Å². The molecule has 0 aliphatic heterocycles. The topological polar surface area (TPSA) is 48.5 Å². The lowest BCUT2D eigenvalue weighted by Crippen LogP contribution is -2.08. The number of nitrogens with zero attached hydrogens (tertiary/aromatic N) is 5. The van der Waals surface area contributed by atoms with E-state index in [4.69, 9.17) is 15.0 Å². The molecule has 0 saturated heterocycles. The quantitative estimate of drug-likeness (QED) is 0.161. The molecule has 5 heteroatoms. The van der Waals surface area contributed by atoms with Crippen LogP contribution in [0.25, 0.3) is 106 Å². The SMILES string of the molecule is C=C1C=CC(c2ccccc2)=C(n2c3ccccc3c3ccc4c5ccccc5n(-c5nc(-c6cccc(-c7ccccc7)c6)nc(-c6ccccc6-c6ccccc6)n5)c4c32)C1. The number of hydrogen-bond acceptors (Lipinski definition) is 3. The fraction of sp³-hybridized carbons (Fsp3) is 0.0172. The molecule has 63 heavy (non-hydrogen) atoms. The van der Waals surface area contributed by atoms with Crippen molar-refractivity contribution in [2.24, 2.45) is 0 Å². The van der Waals surface area contributed by atoms with Crippen molar-refractivity contribution in [1.29, 1.82) is 0 Å². The smallest absolute Gasteiger partial charge is 0.238 e. The van der Waals surface area contributed by atoms with E-state index in [9.17, 15) is 0 Å². The molecule has 0 fully saturated rings. The molecule has 0 atom stereocenters. The molecule has 0 amide bonds. The van der Waals surface area contributed by atoms with Crippen LogP contribution in [0.15, 0.2) is 224 Å². The molecule has 0 unspecified atom stereocenters. The largest absolute Gasteiger partial charge is 0.310 e. The van der Waals surface area contributed by atoms with Crippen LogP contribution in [0.4, 0.5) is 0 Å². The van der Waals surface area contributed by atoms with Crippen LogP contribution in [-0.4, -0.2) is 24.1 Å². The maximum absolute atomic E-state index is 5.51. The average Bonchev–Trinajstić information content (AvgIpc) is 3.88. The summed E-state index contributed by atoms with van der Waals surface area (Å²) < 4.78 is 4.76. The van der Waals surface area contributed by atoms with Crippen LogP contribution in [0.3, 0.4) is 0 Å². The Morgan fingerprint density at radius 2 is 0.905 bits per heavy atom. The molecule has 3 heterocycles. The molecular formula is C58H39N5. The molecular weight excluding hydrogens is 767 g/mol. The van der Waals surface area contributed by atoms with Crippen LogP contribution >= 0.6 is 0 Å². The number of benzene rings is 8.